The van der Waals surface area contributed by atoms with Gasteiger partial charge in [0.25, 0.3) is 17.7 Å². The summed E-state index contributed by atoms with van der Waals surface area (Å²) in [7, 11) is 0. The van der Waals surface area contributed by atoms with Crippen molar-refractivity contribution >= 4 is 35.1 Å². The second-order valence-electron chi connectivity index (χ2n) is 6.24. The van der Waals surface area contributed by atoms with Crippen molar-refractivity contribution in [3.05, 3.63) is 53.5 Å². The maximum atomic E-state index is 12.9. The van der Waals surface area contributed by atoms with Crippen LogP contribution in [-0.4, -0.2) is 51.7 Å². The fourth-order valence-corrected chi connectivity index (χ4v) is 3.20. The molecule has 1 fully saturated rings. The Balaban J connectivity index is 1.67. The van der Waals surface area contributed by atoms with Gasteiger partial charge in [0.2, 0.25) is 5.91 Å². The van der Waals surface area contributed by atoms with Crippen LogP contribution in [0.4, 0.5) is 5.69 Å². The first-order valence-corrected chi connectivity index (χ1v) is 8.25. The van der Waals surface area contributed by atoms with E-state index in [-0.39, 0.29) is 22.6 Å². The van der Waals surface area contributed by atoms with Crippen molar-refractivity contribution < 1.29 is 33.5 Å². The van der Waals surface area contributed by atoms with E-state index in [0.29, 0.717) is 4.90 Å². The zero-order chi connectivity index (χ0) is 20.0. The zero-order valence-electron chi connectivity index (χ0n) is 14.2. The molecule has 2 atom stereocenters. The molecule has 2 aliphatic rings. The first-order valence-electron chi connectivity index (χ1n) is 8.25. The molecule has 10 nitrogen and oxygen atoms in total. The third-order valence-electron chi connectivity index (χ3n) is 4.53. The lowest BCUT2D eigenvalue weighted by atomic mass is 10.0. The van der Waals surface area contributed by atoms with E-state index in [4.69, 9.17) is 4.42 Å². The number of furan rings is 1. The van der Waals surface area contributed by atoms with E-state index in [0.717, 1.165) is 0 Å². The fourth-order valence-electron chi connectivity index (χ4n) is 3.20. The number of imide groups is 1. The molecule has 4 rings (SSSR count). The van der Waals surface area contributed by atoms with Crippen LogP contribution < -0.4 is 10.6 Å². The number of fused-ring (bicyclic) bond motifs is 1. The Bertz CT molecular complexity index is 1030. The van der Waals surface area contributed by atoms with E-state index in [1.54, 1.807) is 0 Å². The molecule has 0 spiro atoms. The summed E-state index contributed by atoms with van der Waals surface area (Å²) in [6.07, 6.45) is -0.845. The minimum absolute atomic E-state index is 0.00591. The van der Waals surface area contributed by atoms with E-state index in [2.05, 4.69) is 5.32 Å². The summed E-state index contributed by atoms with van der Waals surface area (Å²) >= 11 is 0. The zero-order valence-corrected chi connectivity index (χ0v) is 14.2. The maximum Gasteiger partial charge on any atom is 0.291 e. The average Bonchev–Trinajstić information content (AvgIpc) is 3.27. The van der Waals surface area contributed by atoms with Gasteiger partial charge in [-0.25, -0.2) is 0 Å². The number of aliphatic hydroxyl groups is 1. The van der Waals surface area contributed by atoms with Gasteiger partial charge in [-0.05, 0) is 24.3 Å². The van der Waals surface area contributed by atoms with Crippen LogP contribution in [0.1, 0.15) is 37.7 Å². The number of aliphatic hydroxyl groups excluding tert-OH is 1. The van der Waals surface area contributed by atoms with Gasteiger partial charge in [0.1, 0.15) is 6.04 Å². The number of rotatable bonds is 3. The lowest BCUT2D eigenvalue weighted by molar-refractivity contribution is -0.144. The fraction of sp³-hybridized carbons (Fsp3) is 0.167. The Morgan fingerprint density at radius 3 is 2.64 bits per heavy atom. The van der Waals surface area contributed by atoms with E-state index in [1.165, 1.54) is 36.6 Å². The van der Waals surface area contributed by atoms with Crippen molar-refractivity contribution in [2.24, 2.45) is 0 Å². The number of nitrogens with one attached hydrogen (secondary N) is 2. The van der Waals surface area contributed by atoms with Crippen LogP contribution in [0.5, 0.6) is 0 Å². The second-order valence-corrected chi connectivity index (χ2v) is 6.24. The molecule has 142 valence electrons. The van der Waals surface area contributed by atoms with Gasteiger partial charge in [0.05, 0.1) is 23.1 Å². The van der Waals surface area contributed by atoms with E-state index < -0.39 is 48.1 Å². The molecule has 2 aromatic rings. The summed E-state index contributed by atoms with van der Waals surface area (Å²) in [5, 5.41) is 14.0. The number of amides is 4. The lowest BCUT2D eigenvalue weighted by Gasteiger charge is -2.30. The Kier molecular flexibility index (Phi) is 4.04. The SMILES string of the molecule is O=C(Nc1cccc2c1C(=O)N(C1CC(=O)C(O)NC1=O)C2=O)c1ccco1. The van der Waals surface area contributed by atoms with Crippen LogP contribution in [0, 0.1) is 0 Å². The number of benzene rings is 1. The van der Waals surface area contributed by atoms with Gasteiger partial charge in [-0.15, -0.1) is 0 Å². The van der Waals surface area contributed by atoms with Crippen LogP contribution in [0.3, 0.4) is 0 Å². The lowest BCUT2D eigenvalue weighted by Crippen LogP contribution is -2.59. The minimum Gasteiger partial charge on any atom is -0.459 e. The Hall–Kier alpha value is -3.79. The summed E-state index contributed by atoms with van der Waals surface area (Å²) in [6.45, 7) is 0. The monoisotopic (exact) mass is 383 g/mol. The smallest absolute Gasteiger partial charge is 0.291 e. The Morgan fingerprint density at radius 2 is 1.93 bits per heavy atom. The van der Waals surface area contributed by atoms with Crippen LogP contribution in [0.25, 0.3) is 0 Å². The molecule has 1 aromatic heterocycles. The van der Waals surface area contributed by atoms with Gasteiger partial charge in [-0.2, -0.15) is 0 Å². The number of Topliss-reactive ketones (excluding diaryl/α,β-unsaturated/α-hetero) is 1. The highest BCUT2D eigenvalue weighted by molar-refractivity contribution is 6.26. The van der Waals surface area contributed by atoms with Gasteiger partial charge in [0, 0.05) is 6.42 Å². The van der Waals surface area contributed by atoms with Gasteiger partial charge in [-0.1, -0.05) is 6.07 Å². The van der Waals surface area contributed by atoms with Crippen molar-refractivity contribution in [2.45, 2.75) is 18.7 Å². The summed E-state index contributed by atoms with van der Waals surface area (Å²) in [5.74, 6) is -3.73. The van der Waals surface area contributed by atoms with Crippen LogP contribution in [0.15, 0.2) is 41.0 Å². The molecule has 10 heteroatoms. The van der Waals surface area contributed by atoms with E-state index in [9.17, 15) is 29.1 Å². The van der Waals surface area contributed by atoms with Crippen LogP contribution in [0.2, 0.25) is 0 Å². The first-order chi connectivity index (χ1) is 13.4. The van der Waals surface area contributed by atoms with Gasteiger partial charge in [0.15, 0.2) is 17.8 Å². The molecule has 2 aliphatic heterocycles. The second kappa shape index (κ2) is 6.43. The number of hydrogen-bond donors (Lipinski definition) is 3. The topological polar surface area (TPSA) is 146 Å². The standard InChI is InChI=1S/C18H13N3O7/c22-11-7-10(14(23)20-15(11)24)21-17(26)8-3-1-4-9(13(8)18(21)27)19-16(25)12-5-2-6-28-12/h1-6,10,15,24H,7H2,(H,19,25)(H,20,23). The van der Waals surface area contributed by atoms with Crippen molar-refractivity contribution in [1.82, 2.24) is 10.2 Å². The van der Waals surface area contributed by atoms with Gasteiger partial charge < -0.3 is 20.2 Å². The largest absolute Gasteiger partial charge is 0.459 e. The van der Waals surface area contributed by atoms with Crippen molar-refractivity contribution in [2.75, 3.05) is 5.32 Å². The number of carbonyl (C=O) groups is 5. The number of piperidine rings is 1. The normalized spacial score (nSPS) is 21.5. The molecule has 0 aliphatic carbocycles. The Morgan fingerprint density at radius 1 is 1.14 bits per heavy atom. The molecule has 28 heavy (non-hydrogen) atoms. The highest BCUT2D eigenvalue weighted by atomic mass is 16.3. The van der Waals surface area contributed by atoms with E-state index in [1.807, 2.05) is 5.32 Å². The maximum absolute atomic E-state index is 12.9. The van der Waals surface area contributed by atoms with Gasteiger partial charge in [-0.3, -0.25) is 28.9 Å². The van der Waals surface area contributed by atoms with Crippen molar-refractivity contribution in [3.63, 3.8) is 0 Å². The molecule has 1 saturated heterocycles. The average molecular weight is 383 g/mol. The molecule has 2 unspecified atom stereocenters. The number of nitrogens with zero attached hydrogens (tertiary/aromatic N) is 1. The number of carbonyl (C=O) groups excluding carboxylic acids is 5. The molecule has 0 radical (unpaired) electrons. The molecule has 1 aromatic carbocycles. The predicted octanol–water partition coefficient (Wildman–Crippen LogP) is -0.0961. The third kappa shape index (κ3) is 2.67. The molecular weight excluding hydrogens is 370 g/mol. The molecule has 3 heterocycles. The first kappa shape index (κ1) is 17.6. The Labute approximate surface area is 157 Å². The number of ketones is 1. The summed E-state index contributed by atoms with van der Waals surface area (Å²) in [6, 6.07) is 5.87. The van der Waals surface area contributed by atoms with Crippen LogP contribution >= 0.6 is 0 Å². The van der Waals surface area contributed by atoms with E-state index >= 15 is 0 Å². The summed E-state index contributed by atoms with van der Waals surface area (Å²) in [5.41, 5.74) is -0.0188. The molecule has 3 N–H and O–H groups in total. The molecule has 4 amide bonds. The van der Waals surface area contributed by atoms with Crippen molar-refractivity contribution in [3.8, 4) is 0 Å². The number of hydrogen-bond acceptors (Lipinski definition) is 7. The highest BCUT2D eigenvalue weighted by Crippen LogP contribution is 2.32. The predicted molar refractivity (Wildman–Crippen MR) is 91.2 cm³/mol. The highest BCUT2D eigenvalue weighted by Gasteiger charge is 2.47. The molecular formula is C18H13N3O7. The minimum atomic E-state index is -1.66. The molecule has 0 saturated carbocycles. The van der Waals surface area contributed by atoms with Crippen molar-refractivity contribution in [1.29, 1.82) is 0 Å². The van der Waals surface area contributed by atoms with Gasteiger partial charge >= 0.3 is 0 Å². The summed E-state index contributed by atoms with van der Waals surface area (Å²) < 4.78 is 5.00. The van der Waals surface area contributed by atoms with Crippen LogP contribution in [-0.2, 0) is 9.59 Å². The third-order valence-corrected chi connectivity index (χ3v) is 4.53. The summed E-state index contributed by atoms with van der Waals surface area (Å²) in [4.78, 5) is 62.4. The number of anilines is 1. The molecule has 0 bridgehead atoms. The quantitative estimate of drug-likeness (QED) is 0.628.